The van der Waals surface area contributed by atoms with Crippen LogP contribution in [0, 0.1) is 46.3 Å². The predicted molar refractivity (Wildman–Crippen MR) is 147 cm³/mol. The molecule has 3 N–H and O–H groups in total. The lowest BCUT2D eigenvalue weighted by molar-refractivity contribution is -0.237. The van der Waals surface area contributed by atoms with E-state index in [1.54, 1.807) is 6.08 Å². The Morgan fingerprint density at radius 1 is 0.897 bits per heavy atom. The van der Waals surface area contributed by atoms with Crippen LogP contribution < -0.4 is 0 Å². The molecule has 8 saturated carbocycles. The van der Waals surface area contributed by atoms with Gasteiger partial charge in [-0.3, -0.25) is 4.99 Å². The standard InChI is InChI=1S/C33H47NO5/c1-29-6-3-26-27(33(29,38)9-5-25(29)23-13-28(36)39-18-23)4-8-32(37)17-24(35)2-7-31(26,32)19-34-30-14-20-10-21(15-30)12-22(11-20)16-30/h13,19-22,24-27,35,37-38H,2-12,14-18H2,1H3/t20?,21?,22?,24-,25+,26-,27+,29+,30?,31+,32-,33+/m1/s1. The first kappa shape index (κ1) is 25.5. The van der Waals surface area contributed by atoms with Crippen molar-refractivity contribution in [2.24, 2.45) is 51.3 Å². The number of fused-ring (bicyclic) bond motifs is 5. The van der Waals surface area contributed by atoms with Crippen LogP contribution in [-0.2, 0) is 9.53 Å². The molecule has 0 saturated heterocycles. The Bertz CT molecular complexity index is 1100. The van der Waals surface area contributed by atoms with Crippen molar-refractivity contribution >= 4 is 12.2 Å². The Kier molecular flexibility index (Phi) is 5.35. The van der Waals surface area contributed by atoms with Crippen molar-refractivity contribution in [2.45, 2.75) is 126 Å². The van der Waals surface area contributed by atoms with Gasteiger partial charge in [0.05, 0.1) is 22.8 Å². The minimum atomic E-state index is -0.964. The van der Waals surface area contributed by atoms with Crippen molar-refractivity contribution in [1.82, 2.24) is 0 Å². The van der Waals surface area contributed by atoms with Gasteiger partial charge in [-0.05, 0) is 131 Å². The summed E-state index contributed by atoms with van der Waals surface area (Å²) in [5, 5.41) is 35.8. The number of hydrogen-bond donors (Lipinski definition) is 3. The number of carbonyl (C=O) groups excluding carboxylic acids is 1. The normalized spacial score (nSPS) is 57.7. The lowest BCUT2D eigenvalue weighted by Crippen LogP contribution is -2.69. The van der Waals surface area contributed by atoms with Crippen LogP contribution in [0.2, 0.25) is 0 Å². The van der Waals surface area contributed by atoms with Crippen LogP contribution in [0.4, 0.5) is 0 Å². The minimum absolute atomic E-state index is 0.0490. The highest BCUT2D eigenvalue weighted by Gasteiger charge is 2.71. The van der Waals surface area contributed by atoms with Crippen molar-refractivity contribution in [2.75, 3.05) is 6.61 Å². The van der Waals surface area contributed by atoms with Gasteiger partial charge in [0.2, 0.25) is 0 Å². The van der Waals surface area contributed by atoms with Crippen LogP contribution in [0.3, 0.4) is 0 Å². The summed E-state index contributed by atoms with van der Waals surface area (Å²) in [6.45, 7) is 2.62. The number of aliphatic hydroxyl groups excluding tert-OH is 1. The van der Waals surface area contributed by atoms with Gasteiger partial charge in [0.25, 0.3) is 0 Å². The fourth-order valence-corrected chi connectivity index (χ4v) is 12.8. The van der Waals surface area contributed by atoms with Crippen LogP contribution in [0.15, 0.2) is 16.6 Å². The van der Waals surface area contributed by atoms with Crippen LogP contribution in [0.5, 0.6) is 0 Å². The van der Waals surface area contributed by atoms with E-state index in [0.29, 0.717) is 25.9 Å². The molecule has 0 radical (unpaired) electrons. The van der Waals surface area contributed by atoms with Gasteiger partial charge >= 0.3 is 5.97 Å². The third-order valence-electron chi connectivity index (χ3n) is 14.2. The van der Waals surface area contributed by atoms with Gasteiger partial charge in [0.15, 0.2) is 0 Å². The highest BCUT2D eigenvalue weighted by Crippen LogP contribution is 2.70. The maximum atomic E-state index is 12.7. The number of ether oxygens (including phenoxy) is 1. The Morgan fingerprint density at radius 2 is 1.59 bits per heavy atom. The number of rotatable bonds is 3. The first-order valence-corrected chi connectivity index (χ1v) is 16.1. The first-order valence-electron chi connectivity index (χ1n) is 16.1. The fourth-order valence-electron chi connectivity index (χ4n) is 12.8. The van der Waals surface area contributed by atoms with E-state index in [9.17, 15) is 20.1 Å². The fraction of sp³-hybridized carbons (Fsp3) is 0.879. The van der Waals surface area contributed by atoms with Gasteiger partial charge in [-0.25, -0.2) is 4.79 Å². The van der Waals surface area contributed by atoms with Crippen molar-refractivity contribution in [3.8, 4) is 0 Å². The molecule has 6 nitrogen and oxygen atoms in total. The van der Waals surface area contributed by atoms with E-state index in [2.05, 4.69) is 13.1 Å². The Morgan fingerprint density at radius 3 is 2.26 bits per heavy atom. The van der Waals surface area contributed by atoms with Crippen LogP contribution in [-0.4, -0.2) is 57.0 Å². The molecule has 214 valence electrons. The molecule has 4 bridgehead atoms. The average molecular weight is 538 g/mol. The molecule has 0 aromatic rings. The molecule has 1 aliphatic heterocycles. The maximum Gasteiger partial charge on any atom is 0.331 e. The summed E-state index contributed by atoms with van der Waals surface area (Å²) >= 11 is 0. The summed E-state index contributed by atoms with van der Waals surface area (Å²) < 4.78 is 5.30. The van der Waals surface area contributed by atoms with E-state index in [0.717, 1.165) is 61.9 Å². The maximum absolute atomic E-state index is 12.7. The zero-order valence-corrected chi connectivity index (χ0v) is 23.6. The number of carbonyl (C=O) groups is 1. The van der Waals surface area contributed by atoms with Gasteiger partial charge in [-0.2, -0.15) is 0 Å². The van der Waals surface area contributed by atoms with Crippen LogP contribution >= 0.6 is 0 Å². The number of aliphatic hydroxyl groups is 3. The van der Waals surface area contributed by atoms with Gasteiger partial charge in [-0.1, -0.05) is 6.92 Å². The molecular weight excluding hydrogens is 490 g/mol. The summed E-state index contributed by atoms with van der Waals surface area (Å²) in [6.07, 6.45) is 18.0. The Balaban J connectivity index is 1.16. The minimum Gasteiger partial charge on any atom is -0.458 e. The largest absolute Gasteiger partial charge is 0.458 e. The Labute approximate surface area is 232 Å². The second kappa shape index (κ2) is 8.19. The summed E-state index contributed by atoms with van der Waals surface area (Å²) in [4.78, 5) is 17.5. The number of esters is 1. The number of nitrogens with zero attached hydrogens (tertiary/aromatic N) is 1. The molecule has 8 aliphatic carbocycles. The summed E-state index contributed by atoms with van der Waals surface area (Å²) in [7, 11) is 0. The molecule has 1 heterocycles. The molecule has 9 rings (SSSR count). The summed E-state index contributed by atoms with van der Waals surface area (Å²) in [5.74, 6) is 2.64. The van der Waals surface area contributed by atoms with E-state index in [1.165, 1.54) is 38.5 Å². The molecule has 0 aromatic heterocycles. The molecule has 0 spiro atoms. The van der Waals surface area contributed by atoms with Crippen molar-refractivity contribution < 1.29 is 24.9 Å². The number of cyclic esters (lactones) is 1. The van der Waals surface area contributed by atoms with Gasteiger partial charge in [0, 0.05) is 29.5 Å². The van der Waals surface area contributed by atoms with E-state index in [4.69, 9.17) is 9.73 Å². The zero-order chi connectivity index (χ0) is 26.8. The summed E-state index contributed by atoms with van der Waals surface area (Å²) in [6, 6.07) is 0. The molecule has 9 aliphatic rings. The molecule has 0 amide bonds. The van der Waals surface area contributed by atoms with Gasteiger partial charge in [0.1, 0.15) is 6.61 Å². The number of aliphatic imine (C=N–C) groups is 1. The molecule has 0 aromatic carbocycles. The van der Waals surface area contributed by atoms with Crippen LogP contribution in [0.1, 0.15) is 103 Å². The molecule has 39 heavy (non-hydrogen) atoms. The van der Waals surface area contributed by atoms with E-state index < -0.39 is 22.7 Å². The quantitative estimate of drug-likeness (QED) is 0.357. The highest BCUT2D eigenvalue weighted by molar-refractivity contribution is 5.85. The van der Waals surface area contributed by atoms with E-state index in [-0.39, 0.29) is 34.7 Å². The lowest BCUT2D eigenvalue weighted by atomic mass is 9.41. The van der Waals surface area contributed by atoms with E-state index in [1.807, 2.05) is 0 Å². The summed E-state index contributed by atoms with van der Waals surface area (Å²) in [5.41, 5.74) is -1.47. The highest BCUT2D eigenvalue weighted by atomic mass is 16.5. The molecule has 6 heteroatoms. The second-order valence-electron chi connectivity index (χ2n) is 15.9. The predicted octanol–water partition coefficient (Wildman–Crippen LogP) is 4.74. The first-order chi connectivity index (χ1) is 18.6. The van der Waals surface area contributed by atoms with Crippen molar-refractivity contribution in [3.63, 3.8) is 0 Å². The van der Waals surface area contributed by atoms with Crippen molar-refractivity contribution in [3.05, 3.63) is 11.6 Å². The van der Waals surface area contributed by atoms with E-state index >= 15 is 0 Å². The Hall–Kier alpha value is -1.24. The smallest absolute Gasteiger partial charge is 0.331 e. The number of hydrogen-bond acceptors (Lipinski definition) is 6. The van der Waals surface area contributed by atoms with Gasteiger partial charge in [-0.15, -0.1) is 0 Å². The zero-order valence-electron chi connectivity index (χ0n) is 23.6. The monoisotopic (exact) mass is 537 g/mol. The van der Waals surface area contributed by atoms with Gasteiger partial charge < -0.3 is 20.1 Å². The third-order valence-corrected chi connectivity index (χ3v) is 14.2. The average Bonchev–Trinajstić information content (AvgIpc) is 3.41. The molecular formula is C33H47NO5. The second-order valence-corrected chi connectivity index (χ2v) is 15.9. The van der Waals surface area contributed by atoms with Crippen molar-refractivity contribution in [1.29, 1.82) is 0 Å². The SMILES string of the molecule is C[C@@]12CC[C@@H]3[C@H](CC[C@@]4(O)C[C@H](O)CC[C@]34C=NC34CC5CC(CC(C5)C3)C4)[C@@]1(O)CC[C@H]2C1=CC(=O)OC1. The lowest BCUT2D eigenvalue weighted by Gasteiger charge is -2.66. The van der Waals surface area contributed by atoms with Crippen LogP contribution in [0.25, 0.3) is 0 Å². The third kappa shape index (κ3) is 3.37. The molecule has 8 fully saturated rings. The topological polar surface area (TPSA) is 99.4 Å². The molecule has 8 atom stereocenters. The molecule has 0 unspecified atom stereocenters.